The molecule has 5 heteroatoms. The molecule has 0 amide bonds. The van der Waals surface area contributed by atoms with Crippen LogP contribution in [-0.2, 0) is 4.74 Å². The zero-order valence-electron chi connectivity index (χ0n) is 10.9. The molecule has 0 bridgehead atoms. The van der Waals surface area contributed by atoms with Crippen molar-refractivity contribution in [2.24, 2.45) is 5.92 Å². The molecule has 1 N–H and O–H groups in total. The van der Waals surface area contributed by atoms with E-state index in [0.29, 0.717) is 18.8 Å². The number of nitrogens with zero attached hydrogens (tertiary/aromatic N) is 2. The summed E-state index contributed by atoms with van der Waals surface area (Å²) in [6.07, 6.45) is 3.62. The Morgan fingerprint density at radius 1 is 1.40 bits per heavy atom. The van der Waals surface area contributed by atoms with Gasteiger partial charge in [0.2, 0.25) is 0 Å². The molecule has 2 aromatic rings. The molecule has 1 aromatic heterocycles. The lowest BCUT2D eigenvalue weighted by molar-refractivity contribution is -0.0543. The van der Waals surface area contributed by atoms with E-state index in [4.69, 9.17) is 4.74 Å². The zero-order chi connectivity index (χ0) is 13.7. The number of benzene rings is 1. The first-order chi connectivity index (χ1) is 9.77. The molecule has 2 aliphatic rings. The van der Waals surface area contributed by atoms with Crippen LogP contribution in [0.25, 0.3) is 11.3 Å². The minimum Gasteiger partial charge on any atom is -0.390 e. The molecule has 3 atom stereocenters. The number of rotatable bonds is 1. The third-order valence-corrected chi connectivity index (χ3v) is 4.37. The third-order valence-electron chi connectivity index (χ3n) is 4.37. The van der Waals surface area contributed by atoms with Crippen molar-refractivity contribution in [1.29, 1.82) is 0 Å². The molecule has 1 unspecified atom stereocenters. The Morgan fingerprint density at radius 2 is 2.30 bits per heavy atom. The summed E-state index contributed by atoms with van der Waals surface area (Å²) >= 11 is 0. The molecule has 2 aliphatic heterocycles. The molecule has 0 spiro atoms. The maximum absolute atomic E-state index is 14.3. The SMILES string of the molecule is O[C@@H]1COCC[C@H]1C1c2c(F)cccc2-c2cncn21. The van der Waals surface area contributed by atoms with Crippen LogP contribution in [0.1, 0.15) is 18.0 Å². The average molecular weight is 274 g/mol. The molecule has 3 heterocycles. The molecule has 20 heavy (non-hydrogen) atoms. The van der Waals surface area contributed by atoms with Gasteiger partial charge in [-0.1, -0.05) is 12.1 Å². The number of ether oxygens (including phenoxy) is 1. The number of aromatic nitrogens is 2. The van der Waals surface area contributed by atoms with Crippen molar-refractivity contribution in [3.05, 3.63) is 42.1 Å². The van der Waals surface area contributed by atoms with Crippen LogP contribution in [0.2, 0.25) is 0 Å². The molecule has 4 rings (SSSR count). The van der Waals surface area contributed by atoms with Crippen molar-refractivity contribution in [2.45, 2.75) is 18.6 Å². The van der Waals surface area contributed by atoms with Crippen LogP contribution in [0, 0.1) is 11.7 Å². The summed E-state index contributed by atoms with van der Waals surface area (Å²) in [7, 11) is 0. The maximum Gasteiger partial charge on any atom is 0.129 e. The van der Waals surface area contributed by atoms with Gasteiger partial charge in [-0.2, -0.15) is 0 Å². The second kappa shape index (κ2) is 4.40. The number of hydrogen-bond donors (Lipinski definition) is 1. The van der Waals surface area contributed by atoms with E-state index in [1.54, 1.807) is 18.6 Å². The van der Waals surface area contributed by atoms with Crippen molar-refractivity contribution >= 4 is 0 Å². The van der Waals surface area contributed by atoms with E-state index >= 15 is 0 Å². The standard InChI is InChI=1S/C15H15FN2O2/c16-11-3-1-2-9-12-6-17-8-18(12)15(14(9)11)10-4-5-20-7-13(10)19/h1-3,6,8,10,13,15,19H,4-5,7H2/t10-,13-,15?/m1/s1. The molecule has 4 nitrogen and oxygen atoms in total. The quantitative estimate of drug-likeness (QED) is 0.865. The molecule has 0 saturated carbocycles. The summed E-state index contributed by atoms with van der Waals surface area (Å²) in [4.78, 5) is 4.17. The van der Waals surface area contributed by atoms with Gasteiger partial charge in [-0.05, 0) is 12.5 Å². The van der Waals surface area contributed by atoms with Crippen LogP contribution in [-0.4, -0.2) is 34.0 Å². The van der Waals surface area contributed by atoms with Crippen molar-refractivity contribution in [3.63, 3.8) is 0 Å². The number of hydrogen-bond acceptors (Lipinski definition) is 3. The highest BCUT2D eigenvalue weighted by Gasteiger charge is 2.40. The maximum atomic E-state index is 14.3. The van der Waals surface area contributed by atoms with Crippen LogP contribution in [0.15, 0.2) is 30.7 Å². The van der Waals surface area contributed by atoms with Crippen molar-refractivity contribution in [1.82, 2.24) is 9.55 Å². The Morgan fingerprint density at radius 3 is 3.15 bits per heavy atom. The highest BCUT2D eigenvalue weighted by atomic mass is 19.1. The molecule has 1 saturated heterocycles. The van der Waals surface area contributed by atoms with Crippen LogP contribution < -0.4 is 0 Å². The van der Waals surface area contributed by atoms with Gasteiger partial charge in [0, 0.05) is 23.7 Å². The summed E-state index contributed by atoms with van der Waals surface area (Å²) in [5.74, 6) is -0.259. The van der Waals surface area contributed by atoms with Gasteiger partial charge in [0.1, 0.15) is 5.82 Å². The van der Waals surface area contributed by atoms with Crippen molar-refractivity contribution in [2.75, 3.05) is 13.2 Å². The Balaban J connectivity index is 1.88. The Kier molecular flexibility index (Phi) is 2.65. The van der Waals surface area contributed by atoms with Gasteiger partial charge in [0.15, 0.2) is 0 Å². The fraction of sp³-hybridized carbons (Fsp3) is 0.400. The topological polar surface area (TPSA) is 47.3 Å². The Hall–Kier alpha value is -1.72. The average Bonchev–Trinajstić information content (AvgIpc) is 3.01. The highest BCUT2D eigenvalue weighted by molar-refractivity contribution is 5.69. The zero-order valence-corrected chi connectivity index (χ0v) is 10.9. The fourth-order valence-corrected chi connectivity index (χ4v) is 3.46. The van der Waals surface area contributed by atoms with Crippen molar-refractivity contribution < 1.29 is 14.2 Å². The van der Waals surface area contributed by atoms with Gasteiger partial charge in [-0.25, -0.2) is 9.37 Å². The van der Waals surface area contributed by atoms with Gasteiger partial charge in [0.05, 0.1) is 37.0 Å². The molecule has 104 valence electrons. The summed E-state index contributed by atoms with van der Waals surface area (Å²) in [6, 6.07) is 4.92. The predicted molar refractivity (Wildman–Crippen MR) is 70.7 cm³/mol. The van der Waals surface area contributed by atoms with E-state index in [1.165, 1.54) is 6.07 Å². The number of fused-ring (bicyclic) bond motifs is 3. The lowest BCUT2D eigenvalue weighted by Gasteiger charge is -2.33. The van der Waals surface area contributed by atoms with E-state index in [0.717, 1.165) is 17.7 Å². The highest BCUT2D eigenvalue weighted by Crippen LogP contribution is 2.46. The fourth-order valence-electron chi connectivity index (χ4n) is 3.46. The molecule has 0 aliphatic carbocycles. The van der Waals surface area contributed by atoms with Crippen LogP contribution >= 0.6 is 0 Å². The van der Waals surface area contributed by atoms with Gasteiger partial charge >= 0.3 is 0 Å². The van der Waals surface area contributed by atoms with Crippen molar-refractivity contribution in [3.8, 4) is 11.3 Å². The van der Waals surface area contributed by atoms with Gasteiger partial charge in [-0.3, -0.25) is 0 Å². The summed E-state index contributed by atoms with van der Waals surface area (Å²) in [5, 5.41) is 10.2. The number of aliphatic hydroxyl groups excluding tert-OH is 1. The second-order valence-electron chi connectivity index (χ2n) is 5.43. The van der Waals surface area contributed by atoms with E-state index < -0.39 is 6.10 Å². The van der Waals surface area contributed by atoms with Gasteiger partial charge < -0.3 is 14.4 Å². The van der Waals surface area contributed by atoms with E-state index in [9.17, 15) is 9.50 Å². The van der Waals surface area contributed by atoms with Crippen LogP contribution in [0.3, 0.4) is 0 Å². The Bertz CT molecular complexity index is 655. The van der Waals surface area contributed by atoms with Crippen LogP contribution in [0.4, 0.5) is 4.39 Å². The lowest BCUT2D eigenvalue weighted by Crippen LogP contribution is -2.37. The van der Waals surface area contributed by atoms with E-state index in [1.807, 2.05) is 10.6 Å². The van der Waals surface area contributed by atoms with Crippen LogP contribution in [0.5, 0.6) is 0 Å². The smallest absolute Gasteiger partial charge is 0.129 e. The van der Waals surface area contributed by atoms with Gasteiger partial charge in [0.25, 0.3) is 0 Å². The lowest BCUT2D eigenvalue weighted by atomic mass is 9.85. The Labute approximate surface area is 115 Å². The summed E-state index contributed by atoms with van der Waals surface area (Å²) in [5.41, 5.74) is 2.48. The minimum absolute atomic E-state index is 0.0464. The largest absolute Gasteiger partial charge is 0.390 e. The summed E-state index contributed by atoms with van der Waals surface area (Å²) < 4.78 is 21.6. The predicted octanol–water partition coefficient (Wildman–Crippen LogP) is 1.99. The number of halogens is 1. The molecule has 0 radical (unpaired) electrons. The summed E-state index contributed by atoms with van der Waals surface area (Å²) in [6.45, 7) is 0.918. The molecule has 1 fully saturated rings. The molecule has 1 aromatic carbocycles. The third kappa shape index (κ3) is 1.57. The van der Waals surface area contributed by atoms with E-state index in [2.05, 4.69) is 4.98 Å². The molecular formula is C15H15FN2O2. The normalized spacial score (nSPS) is 28.2. The number of imidazole rings is 1. The molecular weight excluding hydrogens is 259 g/mol. The van der Waals surface area contributed by atoms with E-state index in [-0.39, 0.29) is 17.8 Å². The first-order valence-corrected chi connectivity index (χ1v) is 6.84. The van der Waals surface area contributed by atoms with Gasteiger partial charge in [-0.15, -0.1) is 0 Å². The minimum atomic E-state index is -0.574. The first-order valence-electron chi connectivity index (χ1n) is 6.84. The monoisotopic (exact) mass is 274 g/mol. The first kappa shape index (κ1) is 12.1. The number of aliphatic hydroxyl groups is 1. The second-order valence-corrected chi connectivity index (χ2v) is 5.43.